The van der Waals surface area contributed by atoms with Gasteiger partial charge in [-0.2, -0.15) is 0 Å². The molecular weight excluding hydrogens is 510 g/mol. The fourth-order valence-electron chi connectivity index (χ4n) is 4.82. The van der Waals surface area contributed by atoms with Gasteiger partial charge in [0.25, 0.3) is 0 Å². The smallest absolute Gasteiger partial charge is 0.243 e. The van der Waals surface area contributed by atoms with Crippen LogP contribution >= 0.6 is 0 Å². The van der Waals surface area contributed by atoms with Gasteiger partial charge in [-0.25, -0.2) is 0 Å². The van der Waals surface area contributed by atoms with Gasteiger partial charge in [0.1, 0.15) is 30.2 Å². The third-order valence-corrected chi connectivity index (χ3v) is 7.61. The van der Waals surface area contributed by atoms with E-state index in [0.717, 1.165) is 0 Å². The van der Waals surface area contributed by atoms with Gasteiger partial charge < -0.3 is 26.6 Å². The summed E-state index contributed by atoms with van der Waals surface area (Å²) in [6, 6.07) is -4.46. The van der Waals surface area contributed by atoms with Gasteiger partial charge in [0, 0.05) is 0 Å². The Bertz CT molecular complexity index is 859. The third kappa shape index (κ3) is 11.1. The molecule has 1 saturated heterocycles. The van der Waals surface area contributed by atoms with Gasteiger partial charge in [-0.05, 0) is 48.9 Å². The summed E-state index contributed by atoms with van der Waals surface area (Å²) >= 11 is 0. The first-order valence-corrected chi connectivity index (χ1v) is 15.1. The Balaban J connectivity index is 3.67. The van der Waals surface area contributed by atoms with Crippen molar-refractivity contribution < 1.29 is 24.0 Å². The summed E-state index contributed by atoms with van der Waals surface area (Å²) in [5, 5.41) is 14.3. The first-order chi connectivity index (χ1) is 18.6. The standard InChI is InChI=1S/C30H55N5O5/c1-11-19(9)24-29(39)32-21(13-16(3)4)26(36)31-22(14-17(5)6)27(37)34-25(20(10)12-2)30(40)33-23(15-18(7)8)28(38)35-24/h16-25H,11-15H2,1-10H3,(H,31,36)(H,32,39)(H,33,40)(H,34,37)(H,35,38)/t19-,20-,21+,22+,23+,24+,25+/m0/s1. The maximum atomic E-state index is 13.6. The Kier molecular flexibility index (Phi) is 14.7. The molecule has 0 bridgehead atoms. The Labute approximate surface area is 241 Å². The molecule has 1 rings (SSSR count). The molecule has 1 aliphatic rings. The topological polar surface area (TPSA) is 146 Å². The van der Waals surface area contributed by atoms with Gasteiger partial charge in [-0.1, -0.05) is 82.1 Å². The molecule has 0 aromatic rings. The van der Waals surface area contributed by atoms with Crippen molar-refractivity contribution in [1.29, 1.82) is 0 Å². The predicted octanol–water partition coefficient (Wildman–Crippen LogP) is 2.65. The van der Waals surface area contributed by atoms with Crippen LogP contribution in [0.4, 0.5) is 0 Å². The summed E-state index contributed by atoms with van der Waals surface area (Å²) in [5.41, 5.74) is 0. The van der Waals surface area contributed by atoms with Crippen LogP contribution in [0.3, 0.4) is 0 Å². The number of carbonyl (C=O) groups is 5. The van der Waals surface area contributed by atoms with Crippen molar-refractivity contribution in [3.63, 3.8) is 0 Å². The van der Waals surface area contributed by atoms with Crippen LogP contribution in [-0.2, 0) is 24.0 Å². The second-order valence-corrected chi connectivity index (χ2v) is 12.8. The molecule has 10 nitrogen and oxygen atoms in total. The summed E-state index contributed by atoms with van der Waals surface area (Å²) in [6.45, 7) is 19.3. The zero-order chi connectivity index (χ0) is 30.7. The van der Waals surface area contributed by atoms with Crippen LogP contribution in [0.1, 0.15) is 101 Å². The SMILES string of the molecule is CC[C@H](C)[C@H]1NC(=O)[C@@H](CC(C)C)NC(=O)[C@@H]([C@@H](C)CC)NC(=O)[C@@H](CC(C)C)NC(=O)[C@@H](CC(C)C)NC1=O. The van der Waals surface area contributed by atoms with Crippen LogP contribution in [0.5, 0.6) is 0 Å². The van der Waals surface area contributed by atoms with E-state index in [0.29, 0.717) is 32.1 Å². The largest absolute Gasteiger partial charge is 0.343 e. The number of hydrogen-bond acceptors (Lipinski definition) is 5. The molecule has 5 amide bonds. The summed E-state index contributed by atoms with van der Waals surface area (Å²) in [4.78, 5) is 67.7. The molecule has 10 heteroatoms. The van der Waals surface area contributed by atoms with Crippen molar-refractivity contribution in [2.24, 2.45) is 29.6 Å². The van der Waals surface area contributed by atoms with Crippen LogP contribution in [0, 0.1) is 29.6 Å². The van der Waals surface area contributed by atoms with Crippen molar-refractivity contribution >= 4 is 29.5 Å². The zero-order valence-electron chi connectivity index (χ0n) is 26.4. The van der Waals surface area contributed by atoms with Crippen molar-refractivity contribution in [1.82, 2.24) is 26.6 Å². The highest BCUT2D eigenvalue weighted by Gasteiger charge is 2.37. The molecule has 0 spiro atoms. The van der Waals surface area contributed by atoms with E-state index in [1.54, 1.807) is 0 Å². The Morgan fingerprint density at radius 3 is 0.950 bits per heavy atom. The van der Waals surface area contributed by atoms with E-state index in [4.69, 9.17) is 0 Å². The number of carbonyl (C=O) groups excluding carboxylic acids is 5. The van der Waals surface area contributed by atoms with E-state index >= 15 is 0 Å². The summed E-state index contributed by atoms with van der Waals surface area (Å²) < 4.78 is 0. The van der Waals surface area contributed by atoms with E-state index in [9.17, 15) is 24.0 Å². The average molecular weight is 566 g/mol. The maximum Gasteiger partial charge on any atom is 0.243 e. The lowest BCUT2D eigenvalue weighted by molar-refractivity contribution is -0.135. The molecule has 0 aromatic carbocycles. The summed E-state index contributed by atoms with van der Waals surface area (Å²) in [6.07, 6.45) is 2.32. The van der Waals surface area contributed by atoms with Crippen LogP contribution in [0.25, 0.3) is 0 Å². The quantitative estimate of drug-likeness (QED) is 0.277. The minimum atomic E-state index is -0.895. The molecule has 0 radical (unpaired) electrons. The van der Waals surface area contributed by atoms with E-state index in [1.165, 1.54) is 0 Å². The highest BCUT2D eigenvalue weighted by atomic mass is 16.2. The highest BCUT2D eigenvalue weighted by Crippen LogP contribution is 2.16. The first kappa shape index (κ1) is 35.4. The van der Waals surface area contributed by atoms with E-state index < -0.39 is 59.7 Å². The van der Waals surface area contributed by atoms with Gasteiger partial charge in [-0.3, -0.25) is 24.0 Å². The fraction of sp³-hybridized carbons (Fsp3) is 0.833. The average Bonchev–Trinajstić information content (AvgIpc) is 2.86. The summed E-state index contributed by atoms with van der Waals surface area (Å²) in [7, 11) is 0. The van der Waals surface area contributed by atoms with Crippen molar-refractivity contribution in [3.8, 4) is 0 Å². The Morgan fingerprint density at radius 1 is 0.450 bits per heavy atom. The molecule has 1 fully saturated rings. The second kappa shape index (κ2) is 16.6. The van der Waals surface area contributed by atoms with Gasteiger partial charge in [0.2, 0.25) is 29.5 Å². The fourth-order valence-corrected chi connectivity index (χ4v) is 4.82. The number of nitrogens with one attached hydrogen (secondary N) is 5. The maximum absolute atomic E-state index is 13.6. The van der Waals surface area contributed by atoms with E-state index in [-0.39, 0.29) is 29.6 Å². The van der Waals surface area contributed by atoms with Gasteiger partial charge in [-0.15, -0.1) is 0 Å². The molecule has 0 unspecified atom stereocenters. The molecule has 0 aliphatic carbocycles. The van der Waals surface area contributed by atoms with Gasteiger partial charge in [0.05, 0.1) is 0 Å². The number of amides is 5. The number of rotatable bonds is 10. The van der Waals surface area contributed by atoms with Crippen molar-refractivity contribution in [3.05, 3.63) is 0 Å². The Hall–Kier alpha value is -2.65. The van der Waals surface area contributed by atoms with Gasteiger partial charge in [0.15, 0.2) is 0 Å². The summed E-state index contributed by atoms with van der Waals surface area (Å²) in [5.74, 6) is -2.51. The molecule has 0 saturated carbocycles. The van der Waals surface area contributed by atoms with Crippen molar-refractivity contribution in [2.45, 2.75) is 132 Å². The second-order valence-electron chi connectivity index (χ2n) is 12.8. The minimum Gasteiger partial charge on any atom is -0.343 e. The molecule has 5 N–H and O–H groups in total. The highest BCUT2D eigenvalue weighted by molar-refractivity contribution is 5.98. The van der Waals surface area contributed by atoms with E-state index in [1.807, 2.05) is 69.2 Å². The van der Waals surface area contributed by atoms with Crippen LogP contribution in [-0.4, -0.2) is 59.7 Å². The molecule has 1 aliphatic heterocycles. The Morgan fingerprint density at radius 2 is 0.700 bits per heavy atom. The van der Waals surface area contributed by atoms with E-state index in [2.05, 4.69) is 26.6 Å². The molecular formula is C30H55N5O5. The predicted molar refractivity (Wildman–Crippen MR) is 157 cm³/mol. The zero-order valence-corrected chi connectivity index (χ0v) is 26.4. The lowest BCUT2D eigenvalue weighted by Crippen LogP contribution is -2.59. The normalized spacial score (nSPS) is 27.2. The molecule has 1 heterocycles. The minimum absolute atomic E-state index is 0.0818. The van der Waals surface area contributed by atoms with Crippen LogP contribution in [0.2, 0.25) is 0 Å². The molecule has 7 atom stereocenters. The molecule has 0 aromatic heterocycles. The molecule has 40 heavy (non-hydrogen) atoms. The number of hydrogen-bond donors (Lipinski definition) is 5. The van der Waals surface area contributed by atoms with Crippen LogP contribution < -0.4 is 26.6 Å². The van der Waals surface area contributed by atoms with Gasteiger partial charge >= 0.3 is 0 Å². The third-order valence-electron chi connectivity index (χ3n) is 7.61. The first-order valence-electron chi connectivity index (χ1n) is 15.1. The lowest BCUT2D eigenvalue weighted by atomic mass is 9.95. The van der Waals surface area contributed by atoms with Crippen LogP contribution in [0.15, 0.2) is 0 Å². The van der Waals surface area contributed by atoms with Crippen molar-refractivity contribution in [2.75, 3.05) is 0 Å². The lowest BCUT2D eigenvalue weighted by Gasteiger charge is -2.30. The monoisotopic (exact) mass is 565 g/mol. The molecule has 230 valence electrons.